The van der Waals surface area contributed by atoms with Crippen molar-refractivity contribution in [2.75, 3.05) is 33.8 Å². The minimum atomic E-state index is 0.638. The van der Waals surface area contributed by atoms with Gasteiger partial charge in [-0.3, -0.25) is 0 Å². The third-order valence-electron chi connectivity index (χ3n) is 4.17. The van der Waals surface area contributed by atoms with Gasteiger partial charge in [0.1, 0.15) is 5.75 Å². The molecule has 1 aliphatic heterocycles. The van der Waals surface area contributed by atoms with Gasteiger partial charge in [-0.15, -0.1) is 0 Å². The van der Waals surface area contributed by atoms with Crippen LogP contribution in [-0.2, 0) is 6.42 Å². The zero-order valence-electron chi connectivity index (χ0n) is 12.6. The maximum atomic E-state index is 5.54. The average molecular weight is 262 g/mol. The molecule has 1 saturated heterocycles. The number of hydrogen-bond donors (Lipinski definition) is 1. The second-order valence-corrected chi connectivity index (χ2v) is 5.64. The number of benzene rings is 1. The molecule has 19 heavy (non-hydrogen) atoms. The van der Waals surface area contributed by atoms with E-state index in [1.807, 2.05) is 0 Å². The highest BCUT2D eigenvalue weighted by Gasteiger charge is 2.19. The SMILES string of the molecule is COc1cc(C)cc(C)c1CCC1CNCCN1C. The van der Waals surface area contributed by atoms with Crippen LogP contribution < -0.4 is 10.1 Å². The Morgan fingerprint density at radius 3 is 2.84 bits per heavy atom. The summed E-state index contributed by atoms with van der Waals surface area (Å²) in [6.07, 6.45) is 2.27. The van der Waals surface area contributed by atoms with Crippen LogP contribution in [0.3, 0.4) is 0 Å². The van der Waals surface area contributed by atoms with Gasteiger partial charge in [0.25, 0.3) is 0 Å². The molecule has 0 radical (unpaired) electrons. The first-order chi connectivity index (χ1) is 9.11. The van der Waals surface area contributed by atoms with Crippen molar-refractivity contribution in [1.82, 2.24) is 10.2 Å². The number of hydrogen-bond acceptors (Lipinski definition) is 3. The summed E-state index contributed by atoms with van der Waals surface area (Å²) in [5.41, 5.74) is 3.99. The van der Waals surface area contributed by atoms with Gasteiger partial charge in [0.15, 0.2) is 0 Å². The van der Waals surface area contributed by atoms with Crippen LogP contribution in [-0.4, -0.2) is 44.7 Å². The number of methoxy groups -OCH3 is 1. The highest BCUT2D eigenvalue weighted by atomic mass is 16.5. The van der Waals surface area contributed by atoms with Gasteiger partial charge in [0.2, 0.25) is 0 Å². The highest BCUT2D eigenvalue weighted by Crippen LogP contribution is 2.26. The lowest BCUT2D eigenvalue weighted by molar-refractivity contribution is 0.190. The zero-order chi connectivity index (χ0) is 13.8. The van der Waals surface area contributed by atoms with E-state index in [4.69, 9.17) is 4.74 Å². The molecule has 3 heteroatoms. The number of nitrogens with one attached hydrogen (secondary N) is 1. The van der Waals surface area contributed by atoms with E-state index in [1.54, 1.807) is 7.11 Å². The molecule has 1 unspecified atom stereocenters. The Morgan fingerprint density at radius 2 is 2.16 bits per heavy atom. The molecule has 1 N–H and O–H groups in total. The van der Waals surface area contributed by atoms with Gasteiger partial charge in [0, 0.05) is 25.7 Å². The second-order valence-electron chi connectivity index (χ2n) is 5.64. The average Bonchev–Trinajstić information content (AvgIpc) is 2.38. The van der Waals surface area contributed by atoms with Crippen molar-refractivity contribution in [3.63, 3.8) is 0 Å². The zero-order valence-corrected chi connectivity index (χ0v) is 12.6. The Morgan fingerprint density at radius 1 is 1.37 bits per heavy atom. The molecule has 1 heterocycles. The van der Waals surface area contributed by atoms with E-state index in [2.05, 4.69) is 43.2 Å². The van der Waals surface area contributed by atoms with Crippen molar-refractivity contribution in [2.24, 2.45) is 0 Å². The van der Waals surface area contributed by atoms with E-state index in [9.17, 15) is 0 Å². The summed E-state index contributed by atoms with van der Waals surface area (Å²) in [6, 6.07) is 5.03. The Balaban J connectivity index is 2.06. The van der Waals surface area contributed by atoms with Crippen LogP contribution >= 0.6 is 0 Å². The number of piperazine rings is 1. The minimum Gasteiger partial charge on any atom is -0.496 e. The van der Waals surface area contributed by atoms with E-state index >= 15 is 0 Å². The van der Waals surface area contributed by atoms with Gasteiger partial charge < -0.3 is 15.0 Å². The van der Waals surface area contributed by atoms with Crippen LogP contribution in [0, 0.1) is 13.8 Å². The summed E-state index contributed by atoms with van der Waals surface area (Å²) >= 11 is 0. The number of likely N-dealkylation sites (N-methyl/N-ethyl adjacent to an activating group) is 1. The molecule has 1 atom stereocenters. The number of ether oxygens (including phenoxy) is 1. The van der Waals surface area contributed by atoms with Crippen LogP contribution in [0.1, 0.15) is 23.1 Å². The van der Waals surface area contributed by atoms with Gasteiger partial charge in [-0.25, -0.2) is 0 Å². The smallest absolute Gasteiger partial charge is 0.122 e. The van der Waals surface area contributed by atoms with E-state index < -0.39 is 0 Å². The Hall–Kier alpha value is -1.06. The lowest BCUT2D eigenvalue weighted by Gasteiger charge is -2.33. The number of nitrogens with zero attached hydrogens (tertiary/aromatic N) is 1. The summed E-state index contributed by atoms with van der Waals surface area (Å²) in [4.78, 5) is 2.46. The predicted molar refractivity (Wildman–Crippen MR) is 80.1 cm³/mol. The van der Waals surface area contributed by atoms with E-state index in [1.165, 1.54) is 23.1 Å². The van der Waals surface area contributed by atoms with Crippen LogP contribution in [0.15, 0.2) is 12.1 Å². The minimum absolute atomic E-state index is 0.638. The van der Waals surface area contributed by atoms with Gasteiger partial charge in [0.05, 0.1) is 7.11 Å². The molecule has 0 amide bonds. The molecule has 0 saturated carbocycles. The first-order valence-corrected chi connectivity index (χ1v) is 7.17. The van der Waals surface area contributed by atoms with Crippen LogP contribution in [0.25, 0.3) is 0 Å². The quantitative estimate of drug-likeness (QED) is 0.900. The molecule has 1 aromatic rings. The largest absolute Gasteiger partial charge is 0.496 e. The van der Waals surface area contributed by atoms with Crippen molar-refractivity contribution in [3.05, 3.63) is 28.8 Å². The van der Waals surface area contributed by atoms with Crippen molar-refractivity contribution >= 4 is 0 Å². The molecule has 1 fully saturated rings. The molecule has 106 valence electrons. The predicted octanol–water partition coefficient (Wildman–Crippen LogP) is 2.15. The molecule has 1 aromatic carbocycles. The Labute approximate surface area is 116 Å². The van der Waals surface area contributed by atoms with Crippen LogP contribution in [0.5, 0.6) is 5.75 Å². The third kappa shape index (κ3) is 3.48. The van der Waals surface area contributed by atoms with E-state index in [0.717, 1.165) is 31.8 Å². The molecule has 0 aromatic heterocycles. The fraction of sp³-hybridized carbons (Fsp3) is 0.625. The fourth-order valence-corrected chi connectivity index (χ4v) is 2.96. The fourth-order valence-electron chi connectivity index (χ4n) is 2.96. The molecule has 0 bridgehead atoms. The van der Waals surface area contributed by atoms with Gasteiger partial charge in [-0.2, -0.15) is 0 Å². The van der Waals surface area contributed by atoms with E-state index in [-0.39, 0.29) is 0 Å². The molecular weight excluding hydrogens is 236 g/mol. The normalized spacial score (nSPS) is 20.5. The molecular formula is C16H26N2O. The Bertz CT molecular complexity index is 431. The van der Waals surface area contributed by atoms with Gasteiger partial charge in [-0.1, -0.05) is 6.07 Å². The lowest BCUT2D eigenvalue weighted by atomic mass is 9.97. The molecule has 0 aliphatic carbocycles. The summed E-state index contributed by atoms with van der Waals surface area (Å²) < 4.78 is 5.54. The van der Waals surface area contributed by atoms with Gasteiger partial charge in [-0.05, 0) is 56.5 Å². The molecule has 3 nitrogen and oxygen atoms in total. The summed E-state index contributed by atoms with van der Waals surface area (Å²) in [7, 11) is 4.00. The number of rotatable bonds is 4. The van der Waals surface area contributed by atoms with Crippen molar-refractivity contribution in [1.29, 1.82) is 0 Å². The monoisotopic (exact) mass is 262 g/mol. The standard InChI is InChI=1S/C16H26N2O/c1-12-9-13(2)15(16(10-12)19-4)6-5-14-11-17-7-8-18(14)3/h9-10,14,17H,5-8,11H2,1-4H3. The number of aryl methyl sites for hydroxylation is 2. The van der Waals surface area contributed by atoms with Crippen molar-refractivity contribution < 1.29 is 4.74 Å². The molecule has 1 aliphatic rings. The first kappa shape index (κ1) is 14.4. The Kier molecular flexibility index (Phi) is 4.83. The van der Waals surface area contributed by atoms with Crippen LogP contribution in [0.2, 0.25) is 0 Å². The topological polar surface area (TPSA) is 24.5 Å². The summed E-state index contributed by atoms with van der Waals surface area (Å²) in [5, 5.41) is 3.48. The third-order valence-corrected chi connectivity index (χ3v) is 4.17. The van der Waals surface area contributed by atoms with Crippen molar-refractivity contribution in [2.45, 2.75) is 32.7 Å². The highest BCUT2D eigenvalue weighted by molar-refractivity contribution is 5.43. The molecule has 2 rings (SSSR count). The maximum Gasteiger partial charge on any atom is 0.122 e. The van der Waals surface area contributed by atoms with Crippen LogP contribution in [0.4, 0.5) is 0 Å². The molecule has 0 spiro atoms. The van der Waals surface area contributed by atoms with Crippen molar-refractivity contribution in [3.8, 4) is 5.75 Å². The summed E-state index contributed by atoms with van der Waals surface area (Å²) in [5.74, 6) is 1.05. The summed E-state index contributed by atoms with van der Waals surface area (Å²) in [6.45, 7) is 7.67. The maximum absolute atomic E-state index is 5.54. The lowest BCUT2D eigenvalue weighted by Crippen LogP contribution is -2.49. The van der Waals surface area contributed by atoms with Gasteiger partial charge >= 0.3 is 0 Å². The second kappa shape index (κ2) is 6.40. The van der Waals surface area contributed by atoms with E-state index in [0.29, 0.717) is 6.04 Å². The first-order valence-electron chi connectivity index (χ1n) is 7.17.